The molecule has 25 heavy (non-hydrogen) atoms. The number of aryl methyl sites for hydroxylation is 1. The number of benzene rings is 2. The molecule has 1 amide bonds. The fraction of sp³-hybridized carbons (Fsp3) is 0.105. The first-order chi connectivity index (χ1) is 12.2. The van der Waals surface area contributed by atoms with Crippen LogP contribution in [0.4, 0.5) is 5.13 Å². The average molecular weight is 351 g/mol. The molecule has 0 radical (unpaired) electrons. The van der Waals surface area contributed by atoms with Gasteiger partial charge in [-0.15, -0.1) is 10.2 Å². The minimum Gasteiger partial charge on any atom is -0.497 e. The third-order valence-corrected chi connectivity index (χ3v) is 4.39. The van der Waals surface area contributed by atoms with E-state index in [4.69, 9.17) is 4.74 Å². The van der Waals surface area contributed by atoms with Gasteiger partial charge in [0.15, 0.2) is 0 Å². The summed E-state index contributed by atoms with van der Waals surface area (Å²) in [7, 11) is 1.64. The molecule has 3 aromatic rings. The molecule has 0 aliphatic rings. The van der Waals surface area contributed by atoms with Crippen molar-refractivity contribution < 1.29 is 9.53 Å². The number of hydrogen-bond acceptors (Lipinski definition) is 5. The summed E-state index contributed by atoms with van der Waals surface area (Å²) in [6.45, 7) is 1.90. The number of methoxy groups -OCH3 is 1. The normalized spacial score (nSPS) is 10.8. The Morgan fingerprint density at radius 1 is 1.08 bits per heavy atom. The van der Waals surface area contributed by atoms with Crippen LogP contribution < -0.4 is 10.1 Å². The zero-order valence-corrected chi connectivity index (χ0v) is 14.7. The van der Waals surface area contributed by atoms with Crippen molar-refractivity contribution in [2.24, 2.45) is 0 Å². The molecule has 5 nitrogen and oxygen atoms in total. The number of aromatic nitrogens is 2. The van der Waals surface area contributed by atoms with Crippen LogP contribution in [0.3, 0.4) is 0 Å². The third-order valence-electron chi connectivity index (χ3n) is 3.58. The van der Waals surface area contributed by atoms with E-state index < -0.39 is 0 Å². The van der Waals surface area contributed by atoms with Gasteiger partial charge in [-0.2, -0.15) is 0 Å². The number of carbonyl (C=O) groups excluding carboxylic acids is 1. The van der Waals surface area contributed by atoms with Crippen molar-refractivity contribution in [2.45, 2.75) is 6.92 Å². The van der Waals surface area contributed by atoms with Gasteiger partial charge in [-0.05, 0) is 42.3 Å². The standard InChI is InChI=1S/C19H17N3O2S/c1-13-5-3-4-6-16(13)18(23)20-19-22-21-17(25-19)12-9-14-7-10-15(24-2)11-8-14/h3-12H,1-2H3,(H,20,22,23). The second kappa shape index (κ2) is 7.72. The Bertz CT molecular complexity index is 901. The number of anilines is 1. The molecule has 0 spiro atoms. The number of rotatable bonds is 5. The van der Waals surface area contributed by atoms with Gasteiger partial charge in [-0.3, -0.25) is 10.1 Å². The smallest absolute Gasteiger partial charge is 0.257 e. The average Bonchev–Trinajstić information content (AvgIpc) is 3.08. The minimum absolute atomic E-state index is 0.181. The van der Waals surface area contributed by atoms with Gasteiger partial charge in [-0.25, -0.2) is 0 Å². The van der Waals surface area contributed by atoms with Crippen molar-refractivity contribution >= 4 is 34.5 Å². The van der Waals surface area contributed by atoms with Gasteiger partial charge >= 0.3 is 0 Å². The summed E-state index contributed by atoms with van der Waals surface area (Å²) in [5, 5.41) is 12.1. The van der Waals surface area contributed by atoms with Crippen molar-refractivity contribution in [1.29, 1.82) is 0 Å². The van der Waals surface area contributed by atoms with Crippen molar-refractivity contribution in [2.75, 3.05) is 12.4 Å². The van der Waals surface area contributed by atoms with Crippen molar-refractivity contribution in [1.82, 2.24) is 10.2 Å². The fourth-order valence-corrected chi connectivity index (χ4v) is 2.87. The summed E-state index contributed by atoms with van der Waals surface area (Å²) >= 11 is 1.32. The molecular weight excluding hydrogens is 334 g/mol. The summed E-state index contributed by atoms with van der Waals surface area (Å²) in [6, 6.07) is 15.1. The van der Waals surface area contributed by atoms with Crippen LogP contribution in [0.2, 0.25) is 0 Å². The van der Waals surface area contributed by atoms with Crippen LogP contribution in [-0.4, -0.2) is 23.2 Å². The van der Waals surface area contributed by atoms with Crippen LogP contribution >= 0.6 is 11.3 Å². The molecule has 0 atom stereocenters. The first kappa shape index (κ1) is 16.9. The first-order valence-corrected chi connectivity index (χ1v) is 8.50. The van der Waals surface area contributed by atoms with Crippen molar-refractivity contribution in [3.8, 4) is 5.75 Å². The Morgan fingerprint density at radius 2 is 1.84 bits per heavy atom. The number of hydrogen-bond donors (Lipinski definition) is 1. The van der Waals surface area contributed by atoms with E-state index in [1.54, 1.807) is 13.2 Å². The molecule has 1 aromatic heterocycles. The lowest BCUT2D eigenvalue weighted by molar-refractivity contribution is 0.102. The third kappa shape index (κ3) is 4.30. The van der Waals surface area contributed by atoms with E-state index in [2.05, 4.69) is 15.5 Å². The molecule has 1 heterocycles. The summed E-state index contributed by atoms with van der Waals surface area (Å²) in [4.78, 5) is 12.3. The van der Waals surface area contributed by atoms with Crippen molar-refractivity contribution in [3.05, 3.63) is 70.2 Å². The summed E-state index contributed by atoms with van der Waals surface area (Å²) < 4.78 is 5.13. The highest BCUT2D eigenvalue weighted by atomic mass is 32.1. The summed E-state index contributed by atoms with van der Waals surface area (Å²) in [5.74, 6) is 0.634. The topological polar surface area (TPSA) is 64.1 Å². The minimum atomic E-state index is -0.181. The molecule has 126 valence electrons. The van der Waals surface area contributed by atoms with E-state index in [1.165, 1.54) is 11.3 Å². The highest BCUT2D eigenvalue weighted by Crippen LogP contribution is 2.20. The van der Waals surface area contributed by atoms with E-state index >= 15 is 0 Å². The largest absolute Gasteiger partial charge is 0.497 e. The molecule has 0 unspecified atom stereocenters. The van der Waals surface area contributed by atoms with E-state index in [0.29, 0.717) is 10.7 Å². The van der Waals surface area contributed by atoms with Crippen LogP contribution in [0.5, 0.6) is 5.75 Å². The Balaban J connectivity index is 1.66. The number of ether oxygens (including phenoxy) is 1. The lowest BCUT2D eigenvalue weighted by Crippen LogP contribution is -2.12. The highest BCUT2D eigenvalue weighted by molar-refractivity contribution is 7.16. The molecule has 0 aliphatic heterocycles. The molecule has 1 N–H and O–H groups in total. The predicted octanol–water partition coefficient (Wildman–Crippen LogP) is 4.28. The van der Waals surface area contributed by atoms with Crippen LogP contribution in [0, 0.1) is 6.92 Å². The Morgan fingerprint density at radius 3 is 2.56 bits per heavy atom. The lowest BCUT2D eigenvalue weighted by Gasteiger charge is -2.03. The second-order valence-corrected chi connectivity index (χ2v) is 6.33. The fourth-order valence-electron chi connectivity index (χ4n) is 2.23. The Kier molecular flexibility index (Phi) is 5.20. The summed E-state index contributed by atoms with van der Waals surface area (Å²) in [5.41, 5.74) is 2.58. The maximum absolute atomic E-state index is 12.3. The van der Waals surface area contributed by atoms with Crippen LogP contribution in [0.25, 0.3) is 12.2 Å². The highest BCUT2D eigenvalue weighted by Gasteiger charge is 2.11. The predicted molar refractivity (Wildman–Crippen MR) is 101 cm³/mol. The second-order valence-electron chi connectivity index (χ2n) is 5.32. The van der Waals surface area contributed by atoms with Crippen LogP contribution in [-0.2, 0) is 0 Å². The van der Waals surface area contributed by atoms with Gasteiger partial charge in [0.1, 0.15) is 10.8 Å². The molecule has 3 rings (SSSR count). The van der Waals surface area contributed by atoms with Gasteiger partial charge in [0.2, 0.25) is 5.13 Å². The number of amides is 1. The lowest BCUT2D eigenvalue weighted by atomic mass is 10.1. The number of carbonyl (C=O) groups is 1. The monoisotopic (exact) mass is 351 g/mol. The molecule has 0 bridgehead atoms. The number of nitrogens with zero attached hydrogens (tertiary/aromatic N) is 2. The molecular formula is C19H17N3O2S. The van der Waals surface area contributed by atoms with E-state index in [9.17, 15) is 4.79 Å². The van der Waals surface area contributed by atoms with Gasteiger partial charge in [0.25, 0.3) is 5.91 Å². The number of nitrogens with one attached hydrogen (secondary N) is 1. The van der Waals surface area contributed by atoms with E-state index in [0.717, 1.165) is 21.9 Å². The Hall–Kier alpha value is -2.99. The Labute approximate surface area is 150 Å². The quantitative estimate of drug-likeness (QED) is 0.745. The van der Waals surface area contributed by atoms with Crippen molar-refractivity contribution in [3.63, 3.8) is 0 Å². The van der Waals surface area contributed by atoms with Gasteiger partial charge in [0, 0.05) is 5.56 Å². The maximum Gasteiger partial charge on any atom is 0.257 e. The SMILES string of the molecule is COc1ccc(C=Cc2nnc(NC(=O)c3ccccc3C)s2)cc1. The zero-order chi connectivity index (χ0) is 17.6. The summed E-state index contributed by atoms with van der Waals surface area (Å²) in [6.07, 6.45) is 3.80. The zero-order valence-electron chi connectivity index (χ0n) is 13.9. The molecule has 6 heteroatoms. The molecule has 2 aromatic carbocycles. The molecule has 0 saturated heterocycles. The van der Waals surface area contributed by atoms with Crippen LogP contribution in [0.1, 0.15) is 26.5 Å². The van der Waals surface area contributed by atoms with Gasteiger partial charge in [-0.1, -0.05) is 47.7 Å². The molecule has 0 saturated carbocycles. The van der Waals surface area contributed by atoms with E-state index in [-0.39, 0.29) is 5.91 Å². The van der Waals surface area contributed by atoms with Crippen LogP contribution in [0.15, 0.2) is 48.5 Å². The van der Waals surface area contributed by atoms with Gasteiger partial charge < -0.3 is 4.74 Å². The van der Waals surface area contributed by atoms with E-state index in [1.807, 2.05) is 61.5 Å². The molecule has 0 aliphatic carbocycles. The first-order valence-electron chi connectivity index (χ1n) is 7.68. The molecule has 0 fully saturated rings. The maximum atomic E-state index is 12.3. The van der Waals surface area contributed by atoms with Gasteiger partial charge in [0.05, 0.1) is 7.11 Å².